The summed E-state index contributed by atoms with van der Waals surface area (Å²) in [4.78, 5) is 12.6. The highest BCUT2D eigenvalue weighted by atomic mass is 35.5. The van der Waals surface area contributed by atoms with Crippen molar-refractivity contribution in [1.29, 1.82) is 0 Å². The number of sulfonamides is 1. The topological polar surface area (TPSA) is 101 Å². The Balaban J connectivity index is 1.81. The van der Waals surface area contributed by atoms with Crippen LogP contribution in [0.5, 0.6) is 5.75 Å². The third-order valence-corrected chi connectivity index (χ3v) is 6.46. The van der Waals surface area contributed by atoms with Crippen LogP contribution in [0.4, 0.5) is 10.8 Å². The van der Waals surface area contributed by atoms with Gasteiger partial charge in [0.25, 0.3) is 5.91 Å². The average molecular weight is 453 g/mol. The van der Waals surface area contributed by atoms with Crippen LogP contribution < -0.4 is 14.4 Å². The lowest BCUT2D eigenvalue weighted by Gasteiger charge is -2.17. The highest BCUT2D eigenvalue weighted by Crippen LogP contribution is 2.29. The van der Waals surface area contributed by atoms with E-state index in [4.69, 9.17) is 16.3 Å². The van der Waals surface area contributed by atoms with Gasteiger partial charge in [-0.25, -0.2) is 8.42 Å². The Bertz CT molecular complexity index is 1150. The van der Waals surface area contributed by atoms with E-state index in [9.17, 15) is 13.2 Å². The second-order valence-corrected chi connectivity index (χ2v) is 9.39. The van der Waals surface area contributed by atoms with Gasteiger partial charge in [-0.2, -0.15) is 0 Å². The predicted molar refractivity (Wildman–Crippen MR) is 115 cm³/mol. The molecule has 29 heavy (non-hydrogen) atoms. The molecule has 1 heterocycles. The summed E-state index contributed by atoms with van der Waals surface area (Å²) < 4.78 is 29.7. The highest BCUT2D eigenvalue weighted by Gasteiger charge is 2.18. The molecule has 0 unspecified atom stereocenters. The lowest BCUT2D eigenvalue weighted by atomic mass is 10.2. The molecule has 1 amide bonds. The third-order valence-electron chi connectivity index (χ3n) is 4.04. The van der Waals surface area contributed by atoms with Gasteiger partial charge in [0.05, 0.1) is 29.6 Å². The van der Waals surface area contributed by atoms with Crippen LogP contribution in [0, 0.1) is 0 Å². The van der Waals surface area contributed by atoms with E-state index in [1.807, 2.05) is 12.1 Å². The molecule has 0 radical (unpaired) electrons. The normalized spacial score (nSPS) is 11.2. The molecule has 152 valence electrons. The first-order valence-corrected chi connectivity index (χ1v) is 11.3. The van der Waals surface area contributed by atoms with Crippen LogP contribution in [0.15, 0.2) is 42.5 Å². The maximum atomic E-state index is 12.6. The van der Waals surface area contributed by atoms with Crippen molar-refractivity contribution in [3.63, 3.8) is 0 Å². The van der Waals surface area contributed by atoms with Crippen LogP contribution in [-0.2, 0) is 10.0 Å². The summed E-state index contributed by atoms with van der Waals surface area (Å²) in [5, 5.41) is 11.8. The number of amides is 1. The minimum atomic E-state index is -3.47. The number of ether oxygens (including phenoxy) is 1. The van der Waals surface area contributed by atoms with Crippen molar-refractivity contribution in [2.24, 2.45) is 0 Å². The van der Waals surface area contributed by atoms with E-state index in [1.54, 1.807) is 19.2 Å². The molecular weight excluding hydrogens is 436 g/mol. The Morgan fingerprint density at radius 3 is 2.48 bits per heavy atom. The number of halogens is 1. The fraction of sp³-hybridized carbons (Fsp3) is 0.167. The van der Waals surface area contributed by atoms with E-state index in [0.29, 0.717) is 15.8 Å². The number of aromatic nitrogens is 2. The quantitative estimate of drug-likeness (QED) is 0.614. The number of carbonyl (C=O) groups excluding carboxylic acids is 1. The summed E-state index contributed by atoms with van der Waals surface area (Å²) in [5.41, 5.74) is 1.28. The van der Waals surface area contributed by atoms with Crippen LogP contribution in [0.1, 0.15) is 10.4 Å². The van der Waals surface area contributed by atoms with Crippen molar-refractivity contribution in [2.45, 2.75) is 0 Å². The van der Waals surface area contributed by atoms with Crippen molar-refractivity contribution >= 4 is 49.7 Å². The molecular formula is C18H17ClN4O4S2. The Kier molecular flexibility index (Phi) is 6.06. The molecule has 1 N–H and O–H groups in total. The van der Waals surface area contributed by atoms with Crippen LogP contribution in [0.2, 0.25) is 5.02 Å². The maximum absolute atomic E-state index is 12.6. The SMILES string of the molecule is COc1ccc(-c2nnc(NC(=O)c3cc(N(C)S(C)(=O)=O)ccc3Cl)s2)cc1. The van der Waals surface area contributed by atoms with Crippen molar-refractivity contribution in [1.82, 2.24) is 10.2 Å². The molecule has 8 nitrogen and oxygen atoms in total. The highest BCUT2D eigenvalue weighted by molar-refractivity contribution is 7.92. The molecule has 3 rings (SSSR count). The number of methoxy groups -OCH3 is 1. The second-order valence-electron chi connectivity index (χ2n) is 5.99. The Morgan fingerprint density at radius 2 is 1.86 bits per heavy atom. The average Bonchev–Trinajstić information content (AvgIpc) is 3.15. The van der Waals surface area contributed by atoms with E-state index < -0.39 is 15.9 Å². The summed E-state index contributed by atoms with van der Waals surface area (Å²) >= 11 is 7.33. The Labute approximate surface area is 177 Å². The third kappa shape index (κ3) is 4.84. The minimum Gasteiger partial charge on any atom is -0.497 e. The first kappa shape index (κ1) is 21.0. The van der Waals surface area contributed by atoms with Gasteiger partial charge in [-0.15, -0.1) is 10.2 Å². The summed E-state index contributed by atoms with van der Waals surface area (Å²) in [7, 11) is -0.493. The van der Waals surface area contributed by atoms with E-state index in [0.717, 1.165) is 21.9 Å². The van der Waals surface area contributed by atoms with Crippen LogP contribution >= 0.6 is 22.9 Å². The van der Waals surface area contributed by atoms with Crippen molar-refractivity contribution in [2.75, 3.05) is 30.0 Å². The van der Waals surface area contributed by atoms with Gasteiger partial charge in [0.1, 0.15) is 10.8 Å². The molecule has 0 aliphatic heterocycles. The number of carbonyl (C=O) groups is 1. The van der Waals surface area contributed by atoms with Gasteiger partial charge < -0.3 is 4.74 Å². The van der Waals surface area contributed by atoms with Gasteiger partial charge in [0.2, 0.25) is 15.2 Å². The van der Waals surface area contributed by atoms with Crippen LogP contribution in [-0.4, -0.2) is 44.9 Å². The van der Waals surface area contributed by atoms with E-state index in [1.165, 1.54) is 36.6 Å². The summed E-state index contributed by atoms with van der Waals surface area (Å²) in [5.74, 6) is 0.205. The molecule has 0 atom stereocenters. The molecule has 0 spiro atoms. The Hall–Kier alpha value is -2.69. The molecule has 1 aromatic heterocycles. The minimum absolute atomic E-state index is 0.126. The standard InChI is InChI=1S/C18H17ClN4O4S2/c1-23(29(3,25)26)12-6-9-15(19)14(10-12)16(24)20-18-22-21-17(28-18)11-4-7-13(27-2)8-5-11/h4-10H,1-3H3,(H,20,22,24). The first-order valence-electron chi connectivity index (χ1n) is 8.22. The zero-order valence-electron chi connectivity index (χ0n) is 15.7. The van der Waals surface area contributed by atoms with Crippen molar-refractivity contribution in [3.05, 3.63) is 53.1 Å². The lowest BCUT2D eigenvalue weighted by molar-refractivity contribution is 0.102. The number of nitrogens with one attached hydrogen (secondary N) is 1. The number of hydrogen-bond donors (Lipinski definition) is 1. The summed E-state index contributed by atoms with van der Waals surface area (Å²) in [6.07, 6.45) is 1.07. The van der Waals surface area contributed by atoms with Crippen LogP contribution in [0.3, 0.4) is 0 Å². The van der Waals surface area contributed by atoms with E-state index in [-0.39, 0.29) is 10.6 Å². The molecule has 11 heteroatoms. The largest absolute Gasteiger partial charge is 0.497 e. The smallest absolute Gasteiger partial charge is 0.259 e. The molecule has 2 aromatic carbocycles. The maximum Gasteiger partial charge on any atom is 0.259 e. The monoisotopic (exact) mass is 452 g/mol. The number of anilines is 2. The molecule has 0 saturated heterocycles. The zero-order chi connectivity index (χ0) is 21.2. The predicted octanol–water partition coefficient (Wildman–Crippen LogP) is 3.52. The number of nitrogens with zero attached hydrogens (tertiary/aromatic N) is 3. The first-order chi connectivity index (χ1) is 13.7. The number of hydrogen-bond acceptors (Lipinski definition) is 7. The van der Waals surface area contributed by atoms with Crippen molar-refractivity contribution < 1.29 is 17.9 Å². The number of rotatable bonds is 6. The lowest BCUT2D eigenvalue weighted by Crippen LogP contribution is -2.25. The molecule has 0 aliphatic rings. The van der Waals surface area contributed by atoms with Gasteiger partial charge in [-0.05, 0) is 42.5 Å². The van der Waals surface area contributed by atoms with Gasteiger partial charge in [-0.3, -0.25) is 14.4 Å². The number of benzene rings is 2. The fourth-order valence-corrected chi connectivity index (χ4v) is 3.81. The Morgan fingerprint density at radius 1 is 1.17 bits per heavy atom. The van der Waals surface area contributed by atoms with Gasteiger partial charge in [-0.1, -0.05) is 22.9 Å². The summed E-state index contributed by atoms with van der Waals surface area (Å²) in [6, 6.07) is 11.7. The van der Waals surface area contributed by atoms with Crippen molar-refractivity contribution in [3.8, 4) is 16.3 Å². The summed E-state index contributed by atoms with van der Waals surface area (Å²) in [6.45, 7) is 0. The molecule has 0 saturated carbocycles. The van der Waals surface area contributed by atoms with E-state index in [2.05, 4.69) is 15.5 Å². The molecule has 0 fully saturated rings. The molecule has 0 bridgehead atoms. The van der Waals surface area contributed by atoms with Gasteiger partial charge in [0, 0.05) is 12.6 Å². The van der Waals surface area contributed by atoms with Crippen LogP contribution in [0.25, 0.3) is 10.6 Å². The second kappa shape index (κ2) is 8.36. The molecule has 3 aromatic rings. The van der Waals surface area contributed by atoms with Gasteiger partial charge >= 0.3 is 0 Å². The van der Waals surface area contributed by atoms with Gasteiger partial charge in [0.15, 0.2) is 0 Å². The fourth-order valence-electron chi connectivity index (χ4n) is 2.36. The van der Waals surface area contributed by atoms with E-state index >= 15 is 0 Å². The zero-order valence-corrected chi connectivity index (χ0v) is 18.1. The molecule has 0 aliphatic carbocycles.